The van der Waals surface area contributed by atoms with Gasteiger partial charge in [0.25, 0.3) is 0 Å². The van der Waals surface area contributed by atoms with Gasteiger partial charge < -0.3 is 15.4 Å². The zero-order chi connectivity index (χ0) is 15.5. The van der Waals surface area contributed by atoms with Crippen molar-refractivity contribution in [3.63, 3.8) is 0 Å². The summed E-state index contributed by atoms with van der Waals surface area (Å²) in [6.45, 7) is 1.20. The van der Waals surface area contributed by atoms with Crippen LogP contribution in [-0.2, 0) is 20.5 Å². The molecule has 1 heterocycles. The third kappa shape index (κ3) is 3.64. The van der Waals surface area contributed by atoms with Gasteiger partial charge >= 0.3 is 6.09 Å². The molecule has 0 radical (unpaired) electrons. The van der Waals surface area contributed by atoms with Gasteiger partial charge in [-0.05, 0) is 11.6 Å². The lowest BCUT2D eigenvalue weighted by Gasteiger charge is -2.33. The molecule has 0 aromatic heterocycles. The highest BCUT2D eigenvalue weighted by atomic mass is 32.2. The number of nitrogens with two attached hydrogens (primary N) is 1. The molecule has 1 aliphatic heterocycles. The summed E-state index contributed by atoms with van der Waals surface area (Å²) in [7, 11) is -2.13. The van der Waals surface area contributed by atoms with E-state index in [2.05, 4.69) is 4.74 Å². The van der Waals surface area contributed by atoms with Crippen molar-refractivity contribution in [3.8, 4) is 0 Å². The fourth-order valence-corrected chi connectivity index (χ4v) is 3.79. The van der Waals surface area contributed by atoms with Gasteiger partial charge in [-0.15, -0.1) is 0 Å². The number of hydrogen-bond acceptors (Lipinski definition) is 5. The van der Waals surface area contributed by atoms with Crippen molar-refractivity contribution in [3.05, 3.63) is 29.8 Å². The summed E-state index contributed by atoms with van der Waals surface area (Å²) < 4.78 is 30.8. The molecule has 0 unspecified atom stereocenters. The third-order valence-electron chi connectivity index (χ3n) is 3.46. The lowest BCUT2D eigenvalue weighted by molar-refractivity contribution is 0.108. The number of nitrogen functional groups attached to an aromatic ring is 1. The Morgan fingerprint density at radius 3 is 2.43 bits per heavy atom. The topological polar surface area (TPSA) is 92.9 Å². The van der Waals surface area contributed by atoms with E-state index in [1.807, 2.05) is 0 Å². The van der Waals surface area contributed by atoms with Crippen LogP contribution in [0.5, 0.6) is 0 Å². The molecule has 0 aliphatic carbocycles. The van der Waals surface area contributed by atoms with Gasteiger partial charge in [-0.2, -0.15) is 4.31 Å². The quantitative estimate of drug-likeness (QED) is 0.819. The summed E-state index contributed by atoms with van der Waals surface area (Å²) in [5, 5.41) is 0. The number of rotatable bonds is 3. The molecule has 1 aromatic rings. The van der Waals surface area contributed by atoms with E-state index in [9.17, 15) is 13.2 Å². The summed E-state index contributed by atoms with van der Waals surface area (Å²) in [5.74, 6) is -0.127. The van der Waals surface area contributed by atoms with Gasteiger partial charge in [0.1, 0.15) is 0 Å². The van der Waals surface area contributed by atoms with E-state index in [4.69, 9.17) is 5.73 Å². The number of piperazine rings is 1. The van der Waals surface area contributed by atoms with Gasteiger partial charge in [0.2, 0.25) is 10.0 Å². The third-order valence-corrected chi connectivity index (χ3v) is 5.29. The first kappa shape index (κ1) is 15.6. The summed E-state index contributed by atoms with van der Waals surface area (Å²) in [6, 6.07) is 6.91. The smallest absolute Gasteiger partial charge is 0.409 e. The molecule has 0 atom stereocenters. The number of ether oxygens (including phenoxy) is 1. The number of nitrogens with zero attached hydrogens (tertiary/aromatic N) is 2. The van der Waals surface area contributed by atoms with Gasteiger partial charge in [-0.25, -0.2) is 13.2 Å². The molecule has 1 saturated heterocycles. The monoisotopic (exact) mass is 313 g/mol. The van der Waals surface area contributed by atoms with Gasteiger partial charge in [0, 0.05) is 31.9 Å². The molecule has 2 N–H and O–H groups in total. The van der Waals surface area contributed by atoms with Crippen molar-refractivity contribution in [1.29, 1.82) is 0 Å². The van der Waals surface area contributed by atoms with E-state index in [0.29, 0.717) is 24.3 Å². The molecule has 2 rings (SSSR count). The van der Waals surface area contributed by atoms with Crippen LogP contribution in [0.1, 0.15) is 5.56 Å². The Morgan fingerprint density at radius 2 is 1.86 bits per heavy atom. The summed E-state index contributed by atoms with van der Waals surface area (Å²) >= 11 is 0. The van der Waals surface area contributed by atoms with Crippen LogP contribution in [0.2, 0.25) is 0 Å². The average molecular weight is 313 g/mol. The number of carbonyl (C=O) groups is 1. The Labute approximate surface area is 124 Å². The second kappa shape index (κ2) is 6.31. The van der Waals surface area contributed by atoms with Crippen LogP contribution in [-0.4, -0.2) is 57.0 Å². The molecule has 1 fully saturated rings. The maximum Gasteiger partial charge on any atom is 0.409 e. The van der Waals surface area contributed by atoms with E-state index < -0.39 is 16.1 Å². The van der Waals surface area contributed by atoms with Crippen molar-refractivity contribution < 1.29 is 17.9 Å². The number of carbonyl (C=O) groups excluding carboxylic acids is 1. The first-order chi connectivity index (χ1) is 9.94. The van der Waals surface area contributed by atoms with Crippen LogP contribution in [0.3, 0.4) is 0 Å². The highest BCUT2D eigenvalue weighted by molar-refractivity contribution is 7.88. The van der Waals surface area contributed by atoms with Gasteiger partial charge in [0.15, 0.2) is 0 Å². The Morgan fingerprint density at radius 1 is 1.24 bits per heavy atom. The molecule has 0 bridgehead atoms. The molecule has 7 nitrogen and oxygen atoms in total. The van der Waals surface area contributed by atoms with Crippen LogP contribution >= 0.6 is 0 Å². The summed E-state index contributed by atoms with van der Waals surface area (Å²) in [4.78, 5) is 12.9. The van der Waals surface area contributed by atoms with Crippen molar-refractivity contribution >= 4 is 21.8 Å². The largest absolute Gasteiger partial charge is 0.453 e. The van der Waals surface area contributed by atoms with Gasteiger partial charge in [0.05, 0.1) is 12.9 Å². The second-order valence-corrected chi connectivity index (χ2v) is 6.78. The van der Waals surface area contributed by atoms with E-state index in [1.165, 1.54) is 16.3 Å². The van der Waals surface area contributed by atoms with Gasteiger partial charge in [-0.1, -0.05) is 18.2 Å². The number of amides is 1. The minimum atomic E-state index is -3.44. The molecule has 21 heavy (non-hydrogen) atoms. The predicted octanol–water partition coefficient (Wildman–Crippen LogP) is 0.483. The maximum atomic E-state index is 12.4. The molecular weight excluding hydrogens is 294 g/mol. The number of methoxy groups -OCH3 is 1. The van der Waals surface area contributed by atoms with E-state index in [-0.39, 0.29) is 18.8 Å². The van der Waals surface area contributed by atoms with Crippen molar-refractivity contribution in [2.75, 3.05) is 39.0 Å². The highest BCUT2D eigenvalue weighted by Crippen LogP contribution is 2.18. The molecule has 1 amide bonds. The Hall–Kier alpha value is -1.80. The van der Waals surface area contributed by atoms with Crippen LogP contribution in [0.4, 0.5) is 10.5 Å². The molecule has 0 saturated carbocycles. The lowest BCUT2D eigenvalue weighted by atomic mass is 10.2. The fraction of sp³-hybridized carbons (Fsp3) is 0.462. The molecule has 1 aliphatic rings. The first-order valence-corrected chi connectivity index (χ1v) is 8.19. The maximum absolute atomic E-state index is 12.4. The normalized spacial score (nSPS) is 16.7. The minimum Gasteiger partial charge on any atom is -0.453 e. The van der Waals surface area contributed by atoms with E-state index >= 15 is 0 Å². The van der Waals surface area contributed by atoms with Crippen LogP contribution < -0.4 is 5.73 Å². The van der Waals surface area contributed by atoms with Crippen molar-refractivity contribution in [1.82, 2.24) is 9.21 Å². The van der Waals surface area contributed by atoms with Gasteiger partial charge in [-0.3, -0.25) is 0 Å². The number of anilines is 1. The number of sulfonamides is 1. The number of para-hydroxylation sites is 1. The SMILES string of the molecule is COC(=O)N1CCN(S(=O)(=O)Cc2ccccc2N)CC1. The summed E-state index contributed by atoms with van der Waals surface area (Å²) in [5.41, 5.74) is 6.84. The van der Waals surface area contributed by atoms with Crippen LogP contribution in [0.25, 0.3) is 0 Å². The average Bonchev–Trinajstić information content (AvgIpc) is 2.49. The molecular formula is C13H19N3O4S. The Balaban J connectivity index is 2.02. The second-order valence-electron chi connectivity index (χ2n) is 4.81. The van der Waals surface area contributed by atoms with E-state index in [1.54, 1.807) is 24.3 Å². The molecule has 0 spiro atoms. The lowest BCUT2D eigenvalue weighted by Crippen LogP contribution is -2.50. The Bertz CT molecular complexity index is 610. The highest BCUT2D eigenvalue weighted by Gasteiger charge is 2.29. The summed E-state index contributed by atoms with van der Waals surface area (Å²) in [6.07, 6.45) is -0.431. The predicted molar refractivity (Wildman–Crippen MR) is 79.0 cm³/mol. The standard InChI is InChI=1S/C13H19N3O4S/c1-20-13(17)15-6-8-16(9-7-15)21(18,19)10-11-4-2-3-5-12(11)14/h2-5H,6-10,14H2,1H3. The zero-order valence-electron chi connectivity index (χ0n) is 11.9. The number of hydrogen-bond donors (Lipinski definition) is 1. The minimum absolute atomic E-state index is 0.127. The zero-order valence-corrected chi connectivity index (χ0v) is 12.7. The molecule has 1 aromatic carbocycles. The van der Waals surface area contributed by atoms with Crippen molar-refractivity contribution in [2.45, 2.75) is 5.75 Å². The van der Waals surface area contributed by atoms with Crippen LogP contribution in [0.15, 0.2) is 24.3 Å². The number of benzene rings is 1. The Kier molecular flexibility index (Phi) is 4.69. The fourth-order valence-electron chi connectivity index (χ4n) is 2.23. The molecule has 8 heteroatoms. The van der Waals surface area contributed by atoms with Crippen LogP contribution in [0, 0.1) is 0 Å². The van der Waals surface area contributed by atoms with Crippen molar-refractivity contribution in [2.24, 2.45) is 0 Å². The first-order valence-electron chi connectivity index (χ1n) is 6.58. The van der Waals surface area contributed by atoms with E-state index in [0.717, 1.165) is 0 Å². The molecule has 116 valence electrons.